The molecule has 0 N–H and O–H groups in total. The molecule has 0 amide bonds. The van der Waals surface area contributed by atoms with Gasteiger partial charge in [0.15, 0.2) is 0 Å². The summed E-state index contributed by atoms with van der Waals surface area (Å²) in [7, 11) is 0. The fraction of sp³-hybridized carbons (Fsp3) is 0.444. The molecule has 0 spiro atoms. The summed E-state index contributed by atoms with van der Waals surface area (Å²) < 4.78 is 0. The van der Waals surface area contributed by atoms with E-state index < -0.39 is 0 Å². The number of hydrogen-bond acceptors (Lipinski definition) is 1. The predicted molar refractivity (Wildman–Crippen MR) is 41.3 cm³/mol. The Labute approximate surface area is 61.7 Å². The van der Waals surface area contributed by atoms with E-state index in [0.29, 0.717) is 0 Å². The van der Waals surface area contributed by atoms with Gasteiger partial charge in [-0.05, 0) is 25.3 Å². The molecule has 0 fully saturated rings. The van der Waals surface area contributed by atoms with Crippen LogP contribution < -0.4 is 0 Å². The van der Waals surface area contributed by atoms with Crippen molar-refractivity contribution in [3.05, 3.63) is 23.3 Å². The molecule has 0 heterocycles. The van der Waals surface area contributed by atoms with Crippen LogP contribution in [0.4, 0.5) is 0 Å². The third-order valence-corrected chi connectivity index (χ3v) is 1.77. The molecule has 52 valence electrons. The van der Waals surface area contributed by atoms with Gasteiger partial charge in [-0.1, -0.05) is 18.6 Å². The molecule has 0 aromatic heterocycles. The van der Waals surface area contributed by atoms with Crippen molar-refractivity contribution >= 4 is 0 Å². The van der Waals surface area contributed by atoms with E-state index in [9.17, 15) is 0 Å². The van der Waals surface area contributed by atoms with E-state index in [1.807, 2.05) is 12.2 Å². The molecule has 0 saturated carbocycles. The Morgan fingerprint density at radius 2 is 2.50 bits per heavy atom. The van der Waals surface area contributed by atoms with E-state index in [1.165, 1.54) is 5.57 Å². The van der Waals surface area contributed by atoms with Gasteiger partial charge in [-0.15, -0.1) is 0 Å². The molecule has 0 aromatic carbocycles. The molecule has 1 rings (SSSR count). The van der Waals surface area contributed by atoms with Crippen LogP contribution in [-0.4, -0.2) is 0 Å². The molecule has 1 heteroatoms. The van der Waals surface area contributed by atoms with Crippen molar-refractivity contribution < 1.29 is 0 Å². The van der Waals surface area contributed by atoms with Crippen LogP contribution in [0.5, 0.6) is 0 Å². The van der Waals surface area contributed by atoms with Gasteiger partial charge in [0, 0.05) is 5.57 Å². The molecule has 0 radical (unpaired) electrons. The molecular formula is C9H11N. The summed E-state index contributed by atoms with van der Waals surface area (Å²) in [6, 6.07) is 2.15. The van der Waals surface area contributed by atoms with Crippen LogP contribution >= 0.6 is 0 Å². The van der Waals surface area contributed by atoms with E-state index in [-0.39, 0.29) is 0 Å². The second-order valence-electron chi connectivity index (χ2n) is 2.47. The minimum Gasteiger partial charge on any atom is -0.192 e. The molecule has 1 aliphatic rings. The summed E-state index contributed by atoms with van der Waals surface area (Å²) in [5.74, 6) is 0. The highest BCUT2D eigenvalue weighted by atomic mass is 14.2. The van der Waals surface area contributed by atoms with Crippen molar-refractivity contribution in [2.45, 2.75) is 26.2 Å². The first-order valence-corrected chi connectivity index (χ1v) is 3.66. The van der Waals surface area contributed by atoms with Crippen molar-refractivity contribution in [2.75, 3.05) is 0 Å². The number of nitrogens with zero attached hydrogens (tertiary/aromatic N) is 1. The highest BCUT2D eigenvalue weighted by Crippen LogP contribution is 2.18. The summed E-state index contributed by atoms with van der Waals surface area (Å²) in [5.41, 5.74) is 2.24. The molecule has 1 nitrogen and oxygen atoms in total. The lowest BCUT2D eigenvalue weighted by Gasteiger charge is -2.06. The average molecular weight is 133 g/mol. The van der Waals surface area contributed by atoms with Crippen LogP contribution in [0.1, 0.15) is 26.2 Å². The van der Waals surface area contributed by atoms with Gasteiger partial charge in [0.1, 0.15) is 0 Å². The Kier molecular flexibility index (Phi) is 2.28. The van der Waals surface area contributed by atoms with E-state index in [0.717, 1.165) is 24.8 Å². The van der Waals surface area contributed by atoms with Gasteiger partial charge in [-0.25, -0.2) is 0 Å². The standard InChI is InChI=1S/C9H11N/c1-2-8-4-3-5-9(6-8)7-10/h5-6H,2-4H2,1H3. The van der Waals surface area contributed by atoms with Gasteiger partial charge >= 0.3 is 0 Å². The van der Waals surface area contributed by atoms with E-state index in [4.69, 9.17) is 5.26 Å². The maximum absolute atomic E-state index is 8.54. The van der Waals surface area contributed by atoms with E-state index >= 15 is 0 Å². The summed E-state index contributed by atoms with van der Waals surface area (Å²) in [5, 5.41) is 8.54. The Morgan fingerprint density at radius 1 is 1.70 bits per heavy atom. The van der Waals surface area contributed by atoms with Gasteiger partial charge in [0.25, 0.3) is 0 Å². The Hall–Kier alpha value is -1.03. The molecule has 0 saturated heterocycles. The van der Waals surface area contributed by atoms with Crippen LogP contribution in [0.2, 0.25) is 0 Å². The summed E-state index contributed by atoms with van der Waals surface area (Å²) >= 11 is 0. The Balaban J connectivity index is 2.73. The van der Waals surface area contributed by atoms with Gasteiger partial charge < -0.3 is 0 Å². The SMILES string of the molecule is CCC1=CC(C#N)=CCC1. The lowest BCUT2D eigenvalue weighted by molar-refractivity contribution is 0.889. The van der Waals surface area contributed by atoms with Gasteiger partial charge in [0.05, 0.1) is 6.07 Å². The maximum Gasteiger partial charge on any atom is 0.0988 e. The van der Waals surface area contributed by atoms with Crippen LogP contribution in [0.3, 0.4) is 0 Å². The zero-order chi connectivity index (χ0) is 7.40. The van der Waals surface area contributed by atoms with E-state index in [1.54, 1.807) is 0 Å². The smallest absolute Gasteiger partial charge is 0.0988 e. The highest BCUT2D eigenvalue weighted by Gasteiger charge is 2.01. The molecule has 0 unspecified atom stereocenters. The van der Waals surface area contributed by atoms with Crippen molar-refractivity contribution in [1.82, 2.24) is 0 Å². The second kappa shape index (κ2) is 3.22. The zero-order valence-corrected chi connectivity index (χ0v) is 6.22. The number of rotatable bonds is 1. The van der Waals surface area contributed by atoms with Crippen LogP contribution in [0, 0.1) is 11.3 Å². The highest BCUT2D eigenvalue weighted by molar-refractivity contribution is 5.37. The zero-order valence-electron chi connectivity index (χ0n) is 6.22. The fourth-order valence-corrected chi connectivity index (χ4v) is 1.12. The van der Waals surface area contributed by atoms with Crippen molar-refractivity contribution in [2.24, 2.45) is 0 Å². The topological polar surface area (TPSA) is 23.8 Å². The molecule has 0 aromatic rings. The number of hydrogen-bond donors (Lipinski definition) is 0. The largest absolute Gasteiger partial charge is 0.192 e. The summed E-state index contributed by atoms with van der Waals surface area (Å²) in [6.45, 7) is 2.13. The minimum atomic E-state index is 0.836. The molecule has 10 heavy (non-hydrogen) atoms. The maximum atomic E-state index is 8.54. The first kappa shape index (κ1) is 7.08. The lowest BCUT2D eigenvalue weighted by atomic mass is 9.98. The second-order valence-corrected chi connectivity index (χ2v) is 2.47. The molecule has 0 bridgehead atoms. The van der Waals surface area contributed by atoms with Gasteiger partial charge in [0.2, 0.25) is 0 Å². The lowest BCUT2D eigenvalue weighted by Crippen LogP contribution is -1.89. The van der Waals surface area contributed by atoms with Crippen LogP contribution in [0.15, 0.2) is 23.3 Å². The first-order valence-electron chi connectivity index (χ1n) is 3.66. The normalized spacial score (nSPS) is 17.2. The molecule has 0 aliphatic heterocycles. The average Bonchev–Trinajstić information content (AvgIpc) is 2.05. The van der Waals surface area contributed by atoms with Crippen LogP contribution in [-0.2, 0) is 0 Å². The van der Waals surface area contributed by atoms with Crippen LogP contribution in [0.25, 0.3) is 0 Å². The van der Waals surface area contributed by atoms with E-state index in [2.05, 4.69) is 13.0 Å². The molecule has 1 aliphatic carbocycles. The Bertz CT molecular complexity index is 215. The number of nitriles is 1. The quantitative estimate of drug-likeness (QED) is 0.539. The monoisotopic (exact) mass is 133 g/mol. The minimum absolute atomic E-state index is 0.836. The third-order valence-electron chi connectivity index (χ3n) is 1.77. The summed E-state index contributed by atoms with van der Waals surface area (Å²) in [6.07, 6.45) is 7.27. The Morgan fingerprint density at radius 3 is 3.10 bits per heavy atom. The van der Waals surface area contributed by atoms with Crippen molar-refractivity contribution in [3.8, 4) is 6.07 Å². The molecule has 0 atom stereocenters. The number of allylic oxidation sites excluding steroid dienone is 4. The van der Waals surface area contributed by atoms with Crippen molar-refractivity contribution in [3.63, 3.8) is 0 Å². The summed E-state index contributed by atoms with van der Waals surface area (Å²) in [4.78, 5) is 0. The predicted octanol–water partition coefficient (Wildman–Crippen LogP) is 2.57. The van der Waals surface area contributed by atoms with Crippen molar-refractivity contribution in [1.29, 1.82) is 5.26 Å². The van der Waals surface area contributed by atoms with Gasteiger partial charge in [-0.3, -0.25) is 0 Å². The first-order chi connectivity index (χ1) is 4.86. The van der Waals surface area contributed by atoms with Gasteiger partial charge in [-0.2, -0.15) is 5.26 Å². The fourth-order valence-electron chi connectivity index (χ4n) is 1.12. The third kappa shape index (κ3) is 1.48. The molecular weight excluding hydrogens is 122 g/mol.